The molecule has 8 nitrogen and oxygen atoms in total. The van der Waals surface area contributed by atoms with Crippen molar-refractivity contribution in [2.24, 2.45) is 5.41 Å². The van der Waals surface area contributed by atoms with E-state index in [9.17, 15) is 11.4 Å². The van der Waals surface area contributed by atoms with Gasteiger partial charge in [0, 0.05) is 46.6 Å². The van der Waals surface area contributed by atoms with Crippen molar-refractivity contribution in [2.45, 2.75) is 52.6 Å². The van der Waals surface area contributed by atoms with Gasteiger partial charge >= 0.3 is 0 Å². The molecule has 9 heteroatoms. The number of hydrogen-bond donors (Lipinski definition) is 4. The predicted molar refractivity (Wildman–Crippen MR) is 151 cm³/mol. The van der Waals surface area contributed by atoms with Gasteiger partial charge in [0.1, 0.15) is 6.07 Å². The summed E-state index contributed by atoms with van der Waals surface area (Å²) in [7, 11) is 0. The second-order valence-corrected chi connectivity index (χ2v) is 11.4. The molecule has 196 valence electrons. The molecule has 1 atom stereocenters. The van der Waals surface area contributed by atoms with Crippen LogP contribution in [-0.4, -0.2) is 28.4 Å². The van der Waals surface area contributed by atoms with Gasteiger partial charge in [0.05, 0.1) is 29.9 Å². The fourth-order valence-electron chi connectivity index (χ4n) is 4.37. The van der Waals surface area contributed by atoms with Crippen LogP contribution in [0.2, 0.25) is 5.02 Å². The Morgan fingerprint density at radius 3 is 2.76 bits per heavy atom. The van der Waals surface area contributed by atoms with E-state index < -0.39 is 6.02 Å². The van der Waals surface area contributed by atoms with Crippen molar-refractivity contribution in [2.75, 3.05) is 17.2 Å². The Morgan fingerprint density at radius 1 is 1.34 bits per heavy atom. The third kappa shape index (κ3) is 5.40. The Labute approximate surface area is 229 Å². The van der Waals surface area contributed by atoms with Crippen molar-refractivity contribution in [1.82, 2.24) is 21.0 Å². The van der Waals surface area contributed by atoms with E-state index in [4.69, 9.17) is 11.6 Å². The maximum atomic E-state index is 12.8. The highest BCUT2D eigenvalue weighted by Gasteiger charge is 2.33. The smallest absolute Gasteiger partial charge is 0.162 e. The van der Waals surface area contributed by atoms with Crippen LogP contribution in [-0.2, 0) is 0 Å². The number of benzene rings is 2. The van der Waals surface area contributed by atoms with Gasteiger partial charge in [-0.05, 0) is 48.9 Å². The van der Waals surface area contributed by atoms with Gasteiger partial charge in [-0.1, -0.05) is 50.6 Å². The largest absolute Gasteiger partial charge is 0.383 e. The number of carbonyl (C=O) groups is 1. The van der Waals surface area contributed by atoms with Gasteiger partial charge in [-0.25, -0.2) is 0 Å². The minimum absolute atomic E-state index is 0.0526. The summed E-state index contributed by atoms with van der Waals surface area (Å²) in [5.74, 6) is -0.171. The molecule has 0 spiro atoms. The zero-order chi connectivity index (χ0) is 27.9. The number of nitrogens with zero attached hydrogens (tertiary/aromatic N) is 3. The van der Waals surface area contributed by atoms with Crippen LogP contribution in [0, 0.1) is 16.7 Å². The number of halogens is 1. The molecule has 1 aliphatic carbocycles. The van der Waals surface area contributed by atoms with Gasteiger partial charge in [0.25, 0.3) is 0 Å². The molecule has 1 aliphatic heterocycles. The van der Waals surface area contributed by atoms with E-state index in [-0.39, 0.29) is 11.2 Å². The third-order valence-electron chi connectivity index (χ3n) is 6.48. The van der Waals surface area contributed by atoms with Gasteiger partial charge < -0.3 is 16.1 Å². The summed E-state index contributed by atoms with van der Waals surface area (Å²) in [5, 5.41) is 19.6. The van der Waals surface area contributed by atoms with E-state index in [2.05, 4.69) is 53.4 Å². The first-order valence-corrected chi connectivity index (χ1v) is 13.0. The monoisotopic (exact) mass is 530 g/mol. The molecule has 1 fully saturated rings. The molecule has 4 N–H and O–H groups in total. The van der Waals surface area contributed by atoms with Crippen LogP contribution in [0.4, 0.5) is 11.4 Å². The molecule has 5 rings (SSSR count). The highest BCUT2D eigenvalue weighted by molar-refractivity contribution is 6.31. The Balaban J connectivity index is 1.67. The number of aromatic nitrogens is 1. The molecule has 3 aromatic rings. The minimum atomic E-state index is -1.53. The van der Waals surface area contributed by atoms with Crippen molar-refractivity contribution in [3.8, 4) is 6.07 Å². The molecule has 0 bridgehead atoms. The molecular weight excluding hydrogens is 498 g/mol. The van der Waals surface area contributed by atoms with Gasteiger partial charge in [-0.2, -0.15) is 5.26 Å². The highest BCUT2D eigenvalue weighted by atomic mass is 35.5. The standard InChI is InChI=1S/C29H32ClN7O/c1-17(38)22-11-19(12-23-26(33-16-29(2,3)4)18(13-31)14-32-27(22)23)34-28(21-7-5-6-8-24(21)30)25-15-37(36-35-25)20-9-10-20/h5-8,11-12,14-15,20,28,34-36H,9-10,16H2,1-4H3,(H,32,33)/i28D. The molecule has 0 saturated heterocycles. The minimum Gasteiger partial charge on any atom is -0.383 e. The molecule has 1 aromatic heterocycles. The van der Waals surface area contributed by atoms with Crippen LogP contribution in [0.3, 0.4) is 0 Å². The number of rotatable bonds is 8. The van der Waals surface area contributed by atoms with Crippen LogP contribution in [0.15, 0.2) is 54.5 Å². The maximum absolute atomic E-state index is 12.8. The lowest BCUT2D eigenvalue weighted by molar-refractivity contribution is 0.101. The van der Waals surface area contributed by atoms with Crippen LogP contribution < -0.4 is 21.6 Å². The topological polar surface area (TPSA) is 105 Å². The quantitative estimate of drug-likeness (QED) is 0.267. The second-order valence-electron chi connectivity index (χ2n) is 10.9. The second kappa shape index (κ2) is 10.2. The van der Waals surface area contributed by atoms with Crippen molar-refractivity contribution >= 4 is 39.7 Å². The first-order valence-electron chi connectivity index (χ1n) is 13.2. The number of ketones is 1. The van der Waals surface area contributed by atoms with Gasteiger partial charge in [0.15, 0.2) is 5.78 Å². The van der Waals surface area contributed by atoms with Gasteiger partial charge in [-0.3, -0.25) is 14.8 Å². The molecule has 2 aromatic carbocycles. The average Bonchev–Trinajstić information content (AvgIpc) is 3.61. The number of nitriles is 1. The van der Waals surface area contributed by atoms with E-state index in [1.807, 2.05) is 35.5 Å². The van der Waals surface area contributed by atoms with Crippen molar-refractivity contribution < 1.29 is 6.17 Å². The van der Waals surface area contributed by atoms with Crippen molar-refractivity contribution in [3.05, 3.63) is 76.2 Å². The fourth-order valence-corrected chi connectivity index (χ4v) is 4.60. The molecule has 1 saturated carbocycles. The lowest BCUT2D eigenvalue weighted by atomic mass is 9.96. The zero-order valence-electron chi connectivity index (χ0n) is 22.9. The number of pyridine rings is 1. The van der Waals surface area contributed by atoms with Crippen molar-refractivity contribution in [1.29, 1.82) is 5.26 Å². The number of anilines is 2. The number of nitrogens with one attached hydrogen (secondary N) is 4. The van der Waals surface area contributed by atoms with Gasteiger partial charge in [-0.15, -0.1) is 5.53 Å². The number of hydrazine groups is 2. The van der Waals surface area contributed by atoms with E-state index in [1.165, 1.54) is 13.1 Å². The molecule has 2 aliphatic rings. The molecule has 1 unspecified atom stereocenters. The summed E-state index contributed by atoms with van der Waals surface area (Å²) in [6, 6.07) is 11.8. The van der Waals surface area contributed by atoms with Crippen LogP contribution >= 0.6 is 11.6 Å². The number of hydrogen-bond acceptors (Lipinski definition) is 8. The fraction of sp³-hybridized carbons (Fsp3) is 0.345. The molecule has 0 amide bonds. The Hall–Kier alpha value is -3.80. The van der Waals surface area contributed by atoms with Crippen molar-refractivity contribution in [3.63, 3.8) is 0 Å². The van der Waals surface area contributed by atoms with Gasteiger partial charge in [0.2, 0.25) is 0 Å². The first-order chi connectivity index (χ1) is 18.5. The number of Topliss-reactive ketones (excluding diaryl/α,β-unsaturated/α-hetero) is 1. The lowest BCUT2D eigenvalue weighted by Gasteiger charge is -2.24. The van der Waals surface area contributed by atoms with Crippen LogP contribution in [0.5, 0.6) is 0 Å². The Bertz CT molecular complexity index is 1520. The molecule has 38 heavy (non-hydrogen) atoms. The predicted octanol–water partition coefficient (Wildman–Crippen LogP) is 5.90. The van der Waals surface area contributed by atoms with E-state index >= 15 is 0 Å². The highest BCUT2D eigenvalue weighted by Crippen LogP contribution is 2.37. The summed E-state index contributed by atoms with van der Waals surface area (Å²) in [6.45, 7) is 8.39. The average molecular weight is 531 g/mol. The van der Waals surface area contributed by atoms with E-state index in [1.54, 1.807) is 12.1 Å². The molecular formula is C29H32ClN7O. The van der Waals surface area contributed by atoms with E-state index in [0.717, 1.165) is 12.8 Å². The summed E-state index contributed by atoms with van der Waals surface area (Å²) < 4.78 is 9.71. The Kier molecular flexibility index (Phi) is 6.56. The normalized spacial score (nSPS) is 17.2. The third-order valence-corrected chi connectivity index (χ3v) is 6.81. The summed E-state index contributed by atoms with van der Waals surface area (Å²) in [4.78, 5) is 17.3. The Morgan fingerprint density at radius 2 is 2.11 bits per heavy atom. The summed E-state index contributed by atoms with van der Waals surface area (Å²) >= 11 is 6.63. The number of carbonyl (C=O) groups excluding carboxylic acids is 1. The molecule has 0 radical (unpaired) electrons. The SMILES string of the molecule is [2H]C(Nc1cc(C(C)=O)c2ncc(C#N)c(NCC(C)(C)C)c2c1)(C1=CN(C2CC2)NN1)c1ccccc1Cl. The van der Waals surface area contributed by atoms with E-state index in [0.29, 0.717) is 62.3 Å². The molecule has 2 heterocycles. The lowest BCUT2D eigenvalue weighted by Crippen LogP contribution is -2.38. The summed E-state index contributed by atoms with van der Waals surface area (Å²) in [6.07, 6.45) is 5.54. The summed E-state index contributed by atoms with van der Waals surface area (Å²) in [5.41, 5.74) is 9.74. The number of fused-ring (bicyclic) bond motifs is 1. The first kappa shape index (κ1) is 24.5. The van der Waals surface area contributed by atoms with Crippen LogP contribution in [0.1, 0.15) is 69.4 Å². The van der Waals surface area contributed by atoms with Crippen LogP contribution in [0.25, 0.3) is 10.9 Å². The maximum Gasteiger partial charge on any atom is 0.162 e. The zero-order valence-corrected chi connectivity index (χ0v) is 22.7.